The highest BCUT2D eigenvalue weighted by atomic mass is 35.5. The summed E-state index contributed by atoms with van der Waals surface area (Å²) in [7, 11) is 0. The van der Waals surface area contributed by atoms with Crippen LogP contribution in [0, 0.1) is 11.3 Å². The minimum Gasteiger partial charge on any atom is -0.332 e. The topological polar surface area (TPSA) is 77.6 Å². The zero-order valence-electron chi connectivity index (χ0n) is 12.4. The number of amides is 2. The van der Waals surface area contributed by atoms with E-state index in [0.29, 0.717) is 35.9 Å². The fraction of sp³-hybridized carbons (Fsp3) is 0.400. The number of piperazine rings is 1. The summed E-state index contributed by atoms with van der Waals surface area (Å²) in [5, 5.41) is 11.9. The van der Waals surface area contributed by atoms with Crippen molar-refractivity contribution in [1.82, 2.24) is 4.90 Å². The Morgan fingerprint density at radius 2 is 2.09 bits per heavy atom. The minimum absolute atomic E-state index is 0.0794. The van der Waals surface area contributed by atoms with E-state index in [9.17, 15) is 9.59 Å². The second-order valence-corrected chi connectivity index (χ2v) is 5.69. The third kappa shape index (κ3) is 4.20. The van der Waals surface area contributed by atoms with Crippen LogP contribution in [-0.2, 0) is 9.59 Å². The van der Waals surface area contributed by atoms with E-state index in [1.54, 1.807) is 30.0 Å². The molecule has 1 heterocycles. The highest BCUT2D eigenvalue weighted by Crippen LogP contribution is 2.19. The van der Waals surface area contributed by atoms with Crippen LogP contribution in [-0.4, -0.2) is 49.4 Å². The third-order valence-electron chi connectivity index (χ3n) is 3.70. The molecule has 116 valence electrons. The van der Waals surface area contributed by atoms with Gasteiger partial charge in [-0.25, -0.2) is 0 Å². The standard InChI is InChI=1S/C15H17ClN4O2/c1-11(21)20-6-4-19(5-7-20)10-15(22)18-13-3-2-12(9-17)14(16)8-13/h2-3,8H,4-7,10H2,1H3,(H,18,22)/p+1. The van der Waals surface area contributed by atoms with Crippen molar-refractivity contribution in [1.29, 1.82) is 5.26 Å². The number of nitrogens with one attached hydrogen (secondary N) is 2. The van der Waals surface area contributed by atoms with Gasteiger partial charge in [0, 0.05) is 12.6 Å². The van der Waals surface area contributed by atoms with Crippen LogP contribution >= 0.6 is 11.6 Å². The first kappa shape index (κ1) is 16.3. The molecule has 2 N–H and O–H groups in total. The number of benzene rings is 1. The number of quaternary nitrogens is 1. The molecule has 2 rings (SSSR count). The Labute approximate surface area is 134 Å². The summed E-state index contributed by atoms with van der Waals surface area (Å²) in [6.45, 7) is 4.80. The Bertz CT molecular complexity index is 618. The van der Waals surface area contributed by atoms with Gasteiger partial charge in [-0.05, 0) is 18.2 Å². The van der Waals surface area contributed by atoms with Crippen molar-refractivity contribution >= 4 is 29.1 Å². The lowest BCUT2D eigenvalue weighted by atomic mass is 10.2. The Balaban J connectivity index is 1.85. The summed E-state index contributed by atoms with van der Waals surface area (Å²) in [5.74, 6) is -0.0252. The summed E-state index contributed by atoms with van der Waals surface area (Å²) in [6, 6.07) is 6.78. The lowest BCUT2D eigenvalue weighted by Gasteiger charge is -2.31. The van der Waals surface area contributed by atoms with Gasteiger partial charge < -0.3 is 15.1 Å². The molecule has 0 radical (unpaired) electrons. The molecule has 1 aliphatic heterocycles. The molecular formula is C15H18ClN4O2+. The normalized spacial score (nSPS) is 15.2. The van der Waals surface area contributed by atoms with Crippen LogP contribution in [0.4, 0.5) is 5.69 Å². The van der Waals surface area contributed by atoms with Crippen molar-refractivity contribution in [2.24, 2.45) is 0 Å². The van der Waals surface area contributed by atoms with Crippen LogP contribution in [0.2, 0.25) is 5.02 Å². The predicted octanol–water partition coefficient (Wildman–Crippen LogP) is -0.103. The SMILES string of the molecule is CC(=O)N1CC[NH+](CC(=O)Nc2ccc(C#N)c(Cl)c2)CC1. The summed E-state index contributed by atoms with van der Waals surface area (Å²) in [4.78, 5) is 26.2. The van der Waals surface area contributed by atoms with Gasteiger partial charge in [0.2, 0.25) is 5.91 Å². The van der Waals surface area contributed by atoms with Crippen LogP contribution in [0.3, 0.4) is 0 Å². The maximum atomic E-state index is 12.0. The van der Waals surface area contributed by atoms with Gasteiger partial charge in [0.15, 0.2) is 6.54 Å². The van der Waals surface area contributed by atoms with E-state index >= 15 is 0 Å². The number of rotatable bonds is 3. The fourth-order valence-corrected chi connectivity index (χ4v) is 2.65. The molecule has 1 aromatic rings. The van der Waals surface area contributed by atoms with Crippen LogP contribution in [0.25, 0.3) is 0 Å². The molecule has 0 atom stereocenters. The monoisotopic (exact) mass is 321 g/mol. The number of carbonyl (C=O) groups excluding carboxylic acids is 2. The zero-order valence-corrected chi connectivity index (χ0v) is 13.1. The first-order chi connectivity index (χ1) is 10.5. The molecule has 0 spiro atoms. The fourth-order valence-electron chi connectivity index (χ4n) is 2.43. The van der Waals surface area contributed by atoms with E-state index in [0.717, 1.165) is 18.0 Å². The Hall–Kier alpha value is -2.10. The Morgan fingerprint density at radius 3 is 2.64 bits per heavy atom. The molecular weight excluding hydrogens is 304 g/mol. The highest BCUT2D eigenvalue weighted by Gasteiger charge is 2.23. The summed E-state index contributed by atoms with van der Waals surface area (Å²) >= 11 is 5.93. The number of anilines is 1. The lowest BCUT2D eigenvalue weighted by Crippen LogP contribution is -3.15. The summed E-state index contributed by atoms with van der Waals surface area (Å²) in [5.41, 5.74) is 0.960. The molecule has 22 heavy (non-hydrogen) atoms. The second-order valence-electron chi connectivity index (χ2n) is 5.29. The van der Waals surface area contributed by atoms with E-state index in [-0.39, 0.29) is 11.8 Å². The number of carbonyl (C=O) groups is 2. The molecule has 0 unspecified atom stereocenters. The van der Waals surface area contributed by atoms with Crippen molar-refractivity contribution in [3.05, 3.63) is 28.8 Å². The summed E-state index contributed by atoms with van der Waals surface area (Å²) in [6.07, 6.45) is 0. The first-order valence-corrected chi connectivity index (χ1v) is 7.46. The number of halogens is 1. The lowest BCUT2D eigenvalue weighted by molar-refractivity contribution is -0.895. The van der Waals surface area contributed by atoms with Crippen LogP contribution < -0.4 is 10.2 Å². The number of hydrogen-bond donors (Lipinski definition) is 2. The van der Waals surface area contributed by atoms with Crippen molar-refractivity contribution in [2.45, 2.75) is 6.92 Å². The van der Waals surface area contributed by atoms with Gasteiger partial charge in [0.1, 0.15) is 6.07 Å². The summed E-state index contributed by atoms with van der Waals surface area (Å²) < 4.78 is 0. The van der Waals surface area contributed by atoms with Crippen LogP contribution in [0.1, 0.15) is 12.5 Å². The van der Waals surface area contributed by atoms with Crippen molar-refractivity contribution in [3.8, 4) is 6.07 Å². The van der Waals surface area contributed by atoms with Gasteiger partial charge in [0.25, 0.3) is 5.91 Å². The van der Waals surface area contributed by atoms with Crippen LogP contribution in [0.15, 0.2) is 18.2 Å². The molecule has 1 saturated heterocycles. The van der Waals surface area contributed by atoms with Gasteiger partial charge in [-0.1, -0.05) is 11.6 Å². The molecule has 0 bridgehead atoms. The first-order valence-electron chi connectivity index (χ1n) is 7.08. The average molecular weight is 322 g/mol. The molecule has 0 saturated carbocycles. The maximum Gasteiger partial charge on any atom is 0.279 e. The number of hydrogen-bond acceptors (Lipinski definition) is 3. The van der Waals surface area contributed by atoms with Crippen molar-refractivity contribution < 1.29 is 14.5 Å². The molecule has 7 heteroatoms. The second kappa shape index (κ2) is 7.25. The molecule has 2 amide bonds. The van der Waals surface area contributed by atoms with Gasteiger partial charge >= 0.3 is 0 Å². The maximum absolute atomic E-state index is 12.0. The molecule has 1 aromatic carbocycles. The number of nitriles is 1. The number of nitrogens with zero attached hydrogens (tertiary/aromatic N) is 2. The zero-order chi connectivity index (χ0) is 16.1. The molecule has 1 aliphatic rings. The van der Waals surface area contributed by atoms with Crippen molar-refractivity contribution in [3.63, 3.8) is 0 Å². The minimum atomic E-state index is -0.105. The molecule has 0 aromatic heterocycles. The predicted molar refractivity (Wildman–Crippen MR) is 82.6 cm³/mol. The molecule has 6 nitrogen and oxygen atoms in total. The van der Waals surface area contributed by atoms with Gasteiger partial charge in [-0.15, -0.1) is 0 Å². The Morgan fingerprint density at radius 1 is 1.41 bits per heavy atom. The molecule has 0 aliphatic carbocycles. The third-order valence-corrected chi connectivity index (χ3v) is 4.01. The quantitative estimate of drug-likeness (QED) is 0.816. The van der Waals surface area contributed by atoms with E-state index in [2.05, 4.69) is 5.32 Å². The van der Waals surface area contributed by atoms with Gasteiger partial charge in [0.05, 0.1) is 36.8 Å². The molecule has 1 fully saturated rings. The van der Waals surface area contributed by atoms with E-state index < -0.39 is 0 Å². The smallest absolute Gasteiger partial charge is 0.279 e. The van der Waals surface area contributed by atoms with E-state index in [4.69, 9.17) is 16.9 Å². The van der Waals surface area contributed by atoms with Crippen molar-refractivity contribution in [2.75, 3.05) is 38.0 Å². The van der Waals surface area contributed by atoms with Crippen LogP contribution in [0.5, 0.6) is 0 Å². The van der Waals surface area contributed by atoms with E-state index in [1.165, 1.54) is 0 Å². The van der Waals surface area contributed by atoms with Gasteiger partial charge in [-0.3, -0.25) is 9.59 Å². The van der Waals surface area contributed by atoms with E-state index in [1.807, 2.05) is 6.07 Å². The largest absolute Gasteiger partial charge is 0.332 e. The average Bonchev–Trinajstić information content (AvgIpc) is 2.48. The Kier molecular flexibility index (Phi) is 5.36. The highest BCUT2D eigenvalue weighted by molar-refractivity contribution is 6.32. The van der Waals surface area contributed by atoms with Gasteiger partial charge in [-0.2, -0.15) is 5.26 Å².